The SMILES string of the molecule is CCOC[C@H]1O[C@@H](S)[C@H](OCCCCC(C(=O)OC(C)(C)C)C(=O)OC(C)(C)C)[C@@H](O)[C@H]1O. The maximum atomic E-state index is 12.6. The van der Waals surface area contributed by atoms with E-state index in [1.165, 1.54) is 0 Å². The summed E-state index contributed by atoms with van der Waals surface area (Å²) in [5.74, 6) is -2.27. The van der Waals surface area contributed by atoms with Crippen molar-refractivity contribution in [1.29, 1.82) is 0 Å². The monoisotopic (exact) mass is 494 g/mol. The molecule has 194 valence electrons. The predicted octanol–water partition coefficient (Wildman–Crippen LogP) is 2.25. The number of ether oxygens (including phenoxy) is 5. The van der Waals surface area contributed by atoms with Crippen LogP contribution in [0.2, 0.25) is 0 Å². The van der Waals surface area contributed by atoms with E-state index < -0.39 is 58.9 Å². The molecule has 0 aromatic carbocycles. The Labute approximate surface area is 202 Å². The van der Waals surface area contributed by atoms with E-state index in [4.69, 9.17) is 23.7 Å². The maximum absolute atomic E-state index is 12.6. The van der Waals surface area contributed by atoms with Crippen LogP contribution in [0, 0.1) is 5.92 Å². The van der Waals surface area contributed by atoms with Crippen LogP contribution in [0.15, 0.2) is 0 Å². The summed E-state index contributed by atoms with van der Waals surface area (Å²) in [7, 11) is 0. The van der Waals surface area contributed by atoms with Crippen LogP contribution < -0.4 is 0 Å². The van der Waals surface area contributed by atoms with Gasteiger partial charge in [-0.05, 0) is 67.7 Å². The van der Waals surface area contributed by atoms with Crippen LogP contribution in [-0.2, 0) is 33.3 Å². The molecule has 0 spiro atoms. The van der Waals surface area contributed by atoms with Gasteiger partial charge in [-0.3, -0.25) is 9.59 Å². The number of unbranched alkanes of at least 4 members (excludes halogenated alkanes) is 1. The highest BCUT2D eigenvalue weighted by molar-refractivity contribution is 7.80. The molecule has 0 radical (unpaired) electrons. The fourth-order valence-corrected chi connectivity index (χ4v) is 3.64. The number of esters is 2. The van der Waals surface area contributed by atoms with Crippen LogP contribution in [0.4, 0.5) is 0 Å². The van der Waals surface area contributed by atoms with E-state index in [9.17, 15) is 19.8 Å². The van der Waals surface area contributed by atoms with Gasteiger partial charge < -0.3 is 33.9 Å². The minimum absolute atomic E-state index is 0.148. The first-order chi connectivity index (χ1) is 15.2. The highest BCUT2D eigenvalue weighted by atomic mass is 32.1. The minimum Gasteiger partial charge on any atom is -0.459 e. The number of thiol groups is 1. The highest BCUT2D eigenvalue weighted by Gasteiger charge is 2.44. The largest absolute Gasteiger partial charge is 0.459 e. The minimum atomic E-state index is -1.18. The van der Waals surface area contributed by atoms with E-state index in [1.807, 2.05) is 6.92 Å². The van der Waals surface area contributed by atoms with Crippen molar-refractivity contribution in [3.8, 4) is 0 Å². The number of hydrogen-bond acceptors (Lipinski definition) is 10. The Balaban J connectivity index is 2.58. The highest BCUT2D eigenvalue weighted by Crippen LogP contribution is 2.27. The first-order valence-corrected chi connectivity index (χ1v) is 12.0. The van der Waals surface area contributed by atoms with Gasteiger partial charge in [-0.25, -0.2) is 0 Å². The lowest BCUT2D eigenvalue weighted by Gasteiger charge is -2.40. The molecule has 1 saturated heterocycles. The zero-order valence-corrected chi connectivity index (χ0v) is 21.8. The summed E-state index contributed by atoms with van der Waals surface area (Å²) in [4.78, 5) is 25.1. The fourth-order valence-electron chi connectivity index (χ4n) is 3.22. The second-order valence-electron chi connectivity index (χ2n) is 10.2. The lowest BCUT2D eigenvalue weighted by atomic mass is 9.99. The normalized spacial score (nSPS) is 26.3. The molecule has 0 aliphatic carbocycles. The summed E-state index contributed by atoms with van der Waals surface area (Å²) in [5, 5.41) is 20.7. The molecule has 0 aromatic rings. The molecule has 1 aliphatic rings. The average molecular weight is 495 g/mol. The molecule has 1 fully saturated rings. The molecule has 0 amide bonds. The third-order valence-electron chi connectivity index (χ3n) is 4.73. The van der Waals surface area contributed by atoms with Crippen molar-refractivity contribution in [3.63, 3.8) is 0 Å². The Hall–Kier alpha value is -0.910. The zero-order valence-electron chi connectivity index (χ0n) is 20.9. The molecular weight excluding hydrogens is 452 g/mol. The third kappa shape index (κ3) is 10.9. The smallest absolute Gasteiger partial charge is 0.320 e. The second kappa shape index (κ2) is 13.3. The lowest BCUT2D eigenvalue weighted by molar-refractivity contribution is -0.221. The number of aliphatic hydroxyl groups excluding tert-OH is 2. The summed E-state index contributed by atoms with van der Waals surface area (Å²) >= 11 is 4.33. The molecule has 10 heteroatoms. The van der Waals surface area contributed by atoms with Crippen LogP contribution in [0.1, 0.15) is 67.7 Å². The van der Waals surface area contributed by atoms with E-state index in [1.54, 1.807) is 41.5 Å². The second-order valence-corrected chi connectivity index (χ2v) is 10.7. The predicted molar refractivity (Wildman–Crippen MR) is 125 cm³/mol. The molecule has 9 nitrogen and oxygen atoms in total. The van der Waals surface area contributed by atoms with E-state index >= 15 is 0 Å². The fraction of sp³-hybridized carbons (Fsp3) is 0.913. The number of hydrogen-bond donors (Lipinski definition) is 3. The van der Waals surface area contributed by atoms with Gasteiger partial charge in [-0.2, -0.15) is 0 Å². The van der Waals surface area contributed by atoms with Crippen molar-refractivity contribution in [2.75, 3.05) is 19.8 Å². The molecule has 33 heavy (non-hydrogen) atoms. The Kier molecular flexibility index (Phi) is 12.1. The summed E-state index contributed by atoms with van der Waals surface area (Å²) in [6.07, 6.45) is -2.62. The summed E-state index contributed by atoms with van der Waals surface area (Å²) in [6, 6.07) is 0. The van der Waals surface area contributed by atoms with Crippen LogP contribution >= 0.6 is 12.6 Å². The molecule has 0 unspecified atom stereocenters. The molecule has 0 saturated carbocycles. The molecule has 1 heterocycles. The van der Waals surface area contributed by atoms with E-state index in [0.29, 0.717) is 19.4 Å². The molecule has 5 atom stereocenters. The summed E-state index contributed by atoms with van der Waals surface area (Å²) < 4.78 is 27.4. The van der Waals surface area contributed by atoms with Gasteiger partial charge in [0.25, 0.3) is 0 Å². The van der Waals surface area contributed by atoms with Crippen LogP contribution in [0.3, 0.4) is 0 Å². The van der Waals surface area contributed by atoms with Gasteiger partial charge in [-0.1, -0.05) is 0 Å². The maximum Gasteiger partial charge on any atom is 0.320 e. The summed E-state index contributed by atoms with van der Waals surface area (Å²) in [6.45, 7) is 13.1. The van der Waals surface area contributed by atoms with Gasteiger partial charge in [0.15, 0.2) is 5.92 Å². The Morgan fingerprint density at radius 1 is 0.970 bits per heavy atom. The molecule has 2 N–H and O–H groups in total. The van der Waals surface area contributed by atoms with Gasteiger partial charge in [0.2, 0.25) is 0 Å². The Morgan fingerprint density at radius 3 is 2.00 bits per heavy atom. The number of carbonyl (C=O) groups excluding carboxylic acids is 2. The van der Waals surface area contributed by atoms with Crippen molar-refractivity contribution in [2.45, 2.75) is 109 Å². The lowest BCUT2D eigenvalue weighted by Crippen LogP contribution is -2.58. The van der Waals surface area contributed by atoms with E-state index in [-0.39, 0.29) is 19.6 Å². The average Bonchev–Trinajstić information content (AvgIpc) is 2.65. The van der Waals surface area contributed by atoms with E-state index in [2.05, 4.69) is 12.6 Å². The molecule has 1 aliphatic heterocycles. The van der Waals surface area contributed by atoms with Gasteiger partial charge in [0.1, 0.15) is 41.1 Å². The molecular formula is C23H42O9S. The van der Waals surface area contributed by atoms with E-state index in [0.717, 1.165) is 0 Å². The Morgan fingerprint density at radius 2 is 1.52 bits per heavy atom. The number of rotatable bonds is 11. The first kappa shape index (κ1) is 30.1. The Bertz CT molecular complexity index is 586. The molecule has 1 rings (SSSR count). The third-order valence-corrected chi connectivity index (χ3v) is 5.14. The van der Waals surface area contributed by atoms with Crippen LogP contribution in [-0.4, -0.2) is 83.0 Å². The van der Waals surface area contributed by atoms with Gasteiger partial charge in [-0.15, -0.1) is 12.6 Å². The first-order valence-electron chi connectivity index (χ1n) is 11.5. The van der Waals surface area contributed by atoms with Gasteiger partial charge in [0, 0.05) is 13.2 Å². The van der Waals surface area contributed by atoms with Gasteiger partial charge >= 0.3 is 11.9 Å². The van der Waals surface area contributed by atoms with Crippen LogP contribution in [0.5, 0.6) is 0 Å². The van der Waals surface area contributed by atoms with Crippen molar-refractivity contribution in [2.24, 2.45) is 5.92 Å². The van der Waals surface area contributed by atoms with Crippen molar-refractivity contribution < 1.29 is 43.5 Å². The van der Waals surface area contributed by atoms with Gasteiger partial charge in [0.05, 0.1) is 6.61 Å². The van der Waals surface area contributed by atoms with Crippen molar-refractivity contribution in [3.05, 3.63) is 0 Å². The topological polar surface area (TPSA) is 121 Å². The quantitative estimate of drug-likeness (QED) is 0.172. The number of carbonyl (C=O) groups is 2. The standard InChI is InChI=1S/C23H42O9S/c1-8-28-13-15-16(24)17(25)18(21(33)30-15)29-12-10-9-11-14(19(26)31-22(2,3)4)20(27)32-23(5,6)7/h14-18,21,24-25,33H,8-13H2,1-7H3/t15-,16+,17+,18-,21+/m1/s1. The van der Waals surface area contributed by atoms with Crippen LogP contribution in [0.25, 0.3) is 0 Å². The molecule has 0 bridgehead atoms. The van der Waals surface area contributed by atoms with Crippen molar-refractivity contribution in [1.82, 2.24) is 0 Å². The zero-order chi connectivity index (χ0) is 25.4. The van der Waals surface area contributed by atoms with Crippen molar-refractivity contribution >= 4 is 24.6 Å². The number of aliphatic hydroxyl groups is 2. The molecule has 0 aromatic heterocycles. The summed E-state index contributed by atoms with van der Waals surface area (Å²) in [5.41, 5.74) is -2.18.